The molecule has 4 rings (SSSR count). The van der Waals surface area contributed by atoms with Crippen LogP contribution < -0.4 is 19.1 Å². The fourth-order valence-electron chi connectivity index (χ4n) is 3.80. The molecule has 0 spiro atoms. The first-order valence-electron chi connectivity index (χ1n) is 13.1. The molecule has 0 aliphatic rings. The first kappa shape index (κ1) is 29.9. The van der Waals surface area contributed by atoms with E-state index < -0.39 is 12.2 Å². The van der Waals surface area contributed by atoms with Gasteiger partial charge in [-0.25, -0.2) is 14.6 Å². The number of anilines is 1. The van der Waals surface area contributed by atoms with E-state index in [0.717, 1.165) is 10.6 Å². The molecule has 0 radical (unpaired) electrons. The number of carbonyl (C=O) groups excluding carboxylic acids is 2. The molecule has 0 unspecified atom stereocenters. The Bertz CT molecular complexity index is 1300. The van der Waals surface area contributed by atoms with Gasteiger partial charge in [0.25, 0.3) is 0 Å². The van der Waals surface area contributed by atoms with Crippen molar-refractivity contribution in [1.82, 2.24) is 14.5 Å². The summed E-state index contributed by atoms with van der Waals surface area (Å²) in [6.45, 7) is 12.0. The van der Waals surface area contributed by atoms with E-state index >= 15 is 0 Å². The van der Waals surface area contributed by atoms with Gasteiger partial charge in [-0.05, 0) is 63.0 Å². The van der Waals surface area contributed by atoms with E-state index in [1.54, 1.807) is 89.8 Å². The summed E-state index contributed by atoms with van der Waals surface area (Å²) < 4.78 is 18.1. The van der Waals surface area contributed by atoms with Gasteiger partial charge in [-0.2, -0.15) is 4.90 Å². The number of aromatic nitrogens is 2. The lowest BCUT2D eigenvalue weighted by molar-refractivity contribution is 0.191. The number of nitrogens with zero attached hydrogens (tertiary/aromatic N) is 4. The van der Waals surface area contributed by atoms with Gasteiger partial charge in [-0.3, -0.25) is 0 Å². The average molecular weight is 545 g/mol. The smallest absolute Gasteiger partial charge is 0.429 e. The molecule has 9 nitrogen and oxygen atoms in total. The molecule has 4 aromatic rings. The summed E-state index contributed by atoms with van der Waals surface area (Å²) in [5, 5.41) is 0. The third-order valence-corrected chi connectivity index (χ3v) is 6.01. The Kier molecular flexibility index (Phi) is 11.3. The minimum atomic E-state index is -0.921. The summed E-state index contributed by atoms with van der Waals surface area (Å²) in [4.78, 5) is 33.5. The quantitative estimate of drug-likeness (QED) is 0.243. The Morgan fingerprint density at radius 2 is 1.32 bits per heavy atom. The topological polar surface area (TPSA) is 86.1 Å². The van der Waals surface area contributed by atoms with Gasteiger partial charge in [0.05, 0.1) is 30.5 Å². The van der Waals surface area contributed by atoms with Gasteiger partial charge in [-0.15, -0.1) is 0 Å². The average Bonchev–Trinajstić information content (AvgIpc) is 3.41. The highest BCUT2D eigenvalue weighted by Gasteiger charge is 2.29. The zero-order valence-electron chi connectivity index (χ0n) is 23.6. The van der Waals surface area contributed by atoms with Gasteiger partial charge in [0.2, 0.25) is 0 Å². The molecular formula is C31H36N4O5. The minimum absolute atomic E-state index is 0.217. The van der Waals surface area contributed by atoms with Crippen molar-refractivity contribution < 1.29 is 23.8 Å². The van der Waals surface area contributed by atoms with Crippen LogP contribution in [-0.2, 0) is 0 Å². The molecular weight excluding hydrogens is 508 g/mol. The van der Waals surface area contributed by atoms with Gasteiger partial charge in [0.15, 0.2) is 0 Å². The van der Waals surface area contributed by atoms with Crippen molar-refractivity contribution in [2.75, 3.05) is 31.6 Å². The number of amides is 2. The maximum absolute atomic E-state index is 13.0. The number of carbonyl (C=O) groups is 2. The Balaban J connectivity index is 0.000000559. The summed E-state index contributed by atoms with van der Waals surface area (Å²) in [6, 6.07) is 21.8. The normalized spacial score (nSPS) is 10.3. The summed E-state index contributed by atoms with van der Waals surface area (Å²) in [7, 11) is 1.50. The number of rotatable bonds is 8. The van der Waals surface area contributed by atoms with Crippen molar-refractivity contribution in [1.29, 1.82) is 0 Å². The zero-order chi connectivity index (χ0) is 28.9. The predicted octanol–water partition coefficient (Wildman–Crippen LogP) is 6.74. The number of aryl methyl sites for hydroxylation is 1. The van der Waals surface area contributed by atoms with E-state index in [9.17, 15) is 9.59 Å². The molecule has 0 fully saturated rings. The Morgan fingerprint density at radius 3 is 1.73 bits per heavy atom. The molecule has 210 valence electrons. The first-order chi connectivity index (χ1) is 19.4. The number of hydrogen-bond donors (Lipinski definition) is 0. The molecule has 1 aromatic heterocycles. The van der Waals surface area contributed by atoms with Crippen molar-refractivity contribution in [2.24, 2.45) is 0 Å². The van der Waals surface area contributed by atoms with Crippen LogP contribution in [0.3, 0.4) is 0 Å². The molecule has 0 atom stereocenters. The molecule has 0 bridgehead atoms. The fourth-order valence-corrected chi connectivity index (χ4v) is 3.80. The van der Waals surface area contributed by atoms with Crippen LogP contribution in [0, 0.1) is 6.92 Å². The van der Waals surface area contributed by atoms with E-state index in [1.165, 1.54) is 26.7 Å². The van der Waals surface area contributed by atoms with Gasteiger partial charge in [-0.1, -0.05) is 57.2 Å². The lowest BCUT2D eigenvalue weighted by Gasteiger charge is -2.21. The highest BCUT2D eigenvalue weighted by Crippen LogP contribution is 2.30. The van der Waals surface area contributed by atoms with Gasteiger partial charge >= 0.3 is 12.2 Å². The van der Waals surface area contributed by atoms with Gasteiger partial charge in [0.1, 0.15) is 17.2 Å². The van der Waals surface area contributed by atoms with Crippen molar-refractivity contribution >= 4 is 17.9 Å². The SMILES string of the molecule is CCN(CC)CC.COc1cc(N(C(=O)Oc2ccccc2)C(=O)Oc2ccccc2)ccc1-n1cnc(C)c1. The van der Waals surface area contributed by atoms with Crippen molar-refractivity contribution in [3.63, 3.8) is 0 Å². The van der Waals surface area contributed by atoms with Gasteiger partial charge in [0, 0.05) is 12.3 Å². The standard InChI is InChI=1S/C25H21N3O5.C6H15N/c1-18-16-27(17-26-18)22-14-13-19(15-23(22)31-2)28(24(29)32-20-9-5-3-6-10-20)25(30)33-21-11-7-4-8-12-21;1-4-7(5-2)6-3/h3-17H,1-2H3;4-6H2,1-3H3. The second kappa shape index (κ2) is 15.1. The Hall–Kier alpha value is -4.63. The second-order valence-corrected chi connectivity index (χ2v) is 8.60. The molecule has 2 amide bonds. The number of methoxy groups -OCH3 is 1. The largest absolute Gasteiger partial charge is 0.494 e. The van der Waals surface area contributed by atoms with E-state index in [4.69, 9.17) is 14.2 Å². The maximum Gasteiger partial charge on any atom is 0.429 e. The number of benzene rings is 3. The second-order valence-electron chi connectivity index (χ2n) is 8.60. The van der Waals surface area contributed by atoms with Crippen molar-refractivity contribution in [3.8, 4) is 22.9 Å². The Morgan fingerprint density at radius 1 is 0.800 bits per heavy atom. The van der Waals surface area contributed by atoms with E-state index in [0.29, 0.717) is 11.4 Å². The van der Waals surface area contributed by atoms with E-state index in [2.05, 4.69) is 30.7 Å². The number of imide groups is 1. The molecule has 0 aliphatic carbocycles. The molecule has 9 heteroatoms. The molecule has 0 saturated heterocycles. The van der Waals surface area contributed by atoms with Crippen LogP contribution in [0.5, 0.6) is 17.2 Å². The third-order valence-electron chi connectivity index (χ3n) is 6.01. The fraction of sp³-hybridized carbons (Fsp3) is 0.258. The van der Waals surface area contributed by atoms with Crippen LogP contribution in [0.4, 0.5) is 15.3 Å². The summed E-state index contributed by atoms with van der Waals surface area (Å²) in [5.74, 6) is 1.00. The third kappa shape index (κ3) is 8.18. The summed E-state index contributed by atoms with van der Waals surface area (Å²) in [6.07, 6.45) is 1.64. The number of para-hydroxylation sites is 2. The first-order valence-corrected chi connectivity index (χ1v) is 13.1. The maximum atomic E-state index is 13.0. The van der Waals surface area contributed by atoms with E-state index in [1.807, 2.05) is 13.1 Å². The van der Waals surface area contributed by atoms with E-state index in [-0.39, 0.29) is 17.2 Å². The molecule has 1 heterocycles. The number of ether oxygens (including phenoxy) is 3. The number of imidazole rings is 1. The van der Waals surface area contributed by atoms with Gasteiger partial charge < -0.3 is 23.7 Å². The molecule has 0 aliphatic heterocycles. The Labute approximate surface area is 235 Å². The van der Waals surface area contributed by atoms with Crippen molar-refractivity contribution in [2.45, 2.75) is 27.7 Å². The summed E-state index contributed by atoms with van der Waals surface area (Å²) >= 11 is 0. The molecule has 40 heavy (non-hydrogen) atoms. The zero-order valence-corrected chi connectivity index (χ0v) is 23.6. The van der Waals surface area contributed by atoms with Crippen LogP contribution in [0.15, 0.2) is 91.4 Å². The highest BCUT2D eigenvalue weighted by molar-refractivity contribution is 6.10. The van der Waals surface area contributed by atoms with Crippen LogP contribution in [-0.4, -0.2) is 53.4 Å². The van der Waals surface area contributed by atoms with Crippen LogP contribution in [0.25, 0.3) is 5.69 Å². The predicted molar refractivity (Wildman–Crippen MR) is 156 cm³/mol. The molecule has 0 N–H and O–H groups in total. The lowest BCUT2D eigenvalue weighted by atomic mass is 10.2. The minimum Gasteiger partial charge on any atom is -0.494 e. The van der Waals surface area contributed by atoms with Crippen LogP contribution in [0.1, 0.15) is 26.5 Å². The number of hydrogen-bond acceptors (Lipinski definition) is 7. The summed E-state index contributed by atoms with van der Waals surface area (Å²) in [5.41, 5.74) is 1.74. The molecule has 3 aromatic carbocycles. The van der Waals surface area contributed by atoms with Crippen molar-refractivity contribution in [3.05, 3.63) is 97.1 Å². The monoisotopic (exact) mass is 544 g/mol. The highest BCUT2D eigenvalue weighted by atomic mass is 16.6. The van der Waals surface area contributed by atoms with Crippen LogP contribution >= 0.6 is 0 Å². The van der Waals surface area contributed by atoms with Crippen LogP contribution in [0.2, 0.25) is 0 Å². The lowest BCUT2D eigenvalue weighted by Crippen LogP contribution is -2.41. The molecule has 0 saturated carbocycles.